The predicted octanol–water partition coefficient (Wildman–Crippen LogP) is 5.48. The molecule has 0 bridgehead atoms. The Morgan fingerprint density at radius 3 is 2.13 bits per heavy atom. The van der Waals surface area contributed by atoms with Crippen molar-refractivity contribution in [3.05, 3.63) is 84.6 Å². The summed E-state index contributed by atoms with van der Waals surface area (Å²) in [6.45, 7) is 0. The Bertz CT molecular complexity index is 855. The third kappa shape index (κ3) is 2.76. The maximum absolute atomic E-state index is 4.90. The van der Waals surface area contributed by atoms with Gasteiger partial charge in [-0.15, -0.1) is 0 Å². The number of allylic oxidation sites excluding steroid dienone is 4. The highest BCUT2D eigenvalue weighted by molar-refractivity contribution is 5.84. The van der Waals surface area contributed by atoms with Crippen LogP contribution in [-0.2, 0) is 0 Å². The molecular formula is C21H18N2. The first kappa shape index (κ1) is 13.8. The molecule has 1 N–H and O–H groups in total. The number of benzene rings is 2. The van der Waals surface area contributed by atoms with Gasteiger partial charge in [-0.2, -0.15) is 0 Å². The van der Waals surface area contributed by atoms with Crippen molar-refractivity contribution in [3.8, 4) is 22.6 Å². The molecule has 0 aliphatic heterocycles. The zero-order valence-electron chi connectivity index (χ0n) is 12.9. The molecule has 0 spiro atoms. The van der Waals surface area contributed by atoms with E-state index in [9.17, 15) is 0 Å². The SMILES string of the molecule is C1=CC(c2[nH]c(-c3ccccc3)nc2-c2ccccc2)=CCC1. The Hall–Kier alpha value is -2.87. The first-order valence-corrected chi connectivity index (χ1v) is 8.00. The van der Waals surface area contributed by atoms with Crippen molar-refractivity contribution in [3.63, 3.8) is 0 Å². The van der Waals surface area contributed by atoms with E-state index >= 15 is 0 Å². The smallest absolute Gasteiger partial charge is 0.138 e. The van der Waals surface area contributed by atoms with E-state index in [1.165, 1.54) is 5.57 Å². The second kappa shape index (κ2) is 6.09. The number of rotatable bonds is 3. The molecule has 0 saturated heterocycles. The Labute approximate surface area is 136 Å². The van der Waals surface area contributed by atoms with Gasteiger partial charge in [0.25, 0.3) is 0 Å². The average molecular weight is 298 g/mol. The van der Waals surface area contributed by atoms with Gasteiger partial charge in [-0.05, 0) is 18.4 Å². The Morgan fingerprint density at radius 1 is 0.783 bits per heavy atom. The fourth-order valence-electron chi connectivity index (χ4n) is 2.92. The number of nitrogens with zero attached hydrogens (tertiary/aromatic N) is 1. The van der Waals surface area contributed by atoms with Gasteiger partial charge in [0.2, 0.25) is 0 Å². The summed E-state index contributed by atoms with van der Waals surface area (Å²) in [5, 5.41) is 0. The molecule has 1 aliphatic rings. The maximum Gasteiger partial charge on any atom is 0.138 e. The molecule has 1 aliphatic carbocycles. The van der Waals surface area contributed by atoms with E-state index < -0.39 is 0 Å². The van der Waals surface area contributed by atoms with Crippen LogP contribution < -0.4 is 0 Å². The molecule has 1 heterocycles. The Morgan fingerprint density at radius 2 is 1.48 bits per heavy atom. The van der Waals surface area contributed by atoms with E-state index in [1.54, 1.807) is 0 Å². The van der Waals surface area contributed by atoms with E-state index in [2.05, 4.69) is 59.6 Å². The summed E-state index contributed by atoms with van der Waals surface area (Å²) in [6.07, 6.45) is 8.91. The molecule has 2 heteroatoms. The molecule has 2 nitrogen and oxygen atoms in total. The van der Waals surface area contributed by atoms with Crippen LogP contribution in [0.2, 0.25) is 0 Å². The van der Waals surface area contributed by atoms with Crippen LogP contribution in [0.25, 0.3) is 28.2 Å². The van der Waals surface area contributed by atoms with Crippen molar-refractivity contribution >= 4 is 5.57 Å². The average Bonchev–Trinajstić information content (AvgIpc) is 3.09. The lowest BCUT2D eigenvalue weighted by atomic mass is 10.0. The van der Waals surface area contributed by atoms with E-state index in [0.717, 1.165) is 41.2 Å². The summed E-state index contributed by atoms with van der Waals surface area (Å²) in [7, 11) is 0. The number of H-pyrrole nitrogens is 1. The summed E-state index contributed by atoms with van der Waals surface area (Å²) < 4.78 is 0. The molecule has 0 fully saturated rings. The van der Waals surface area contributed by atoms with Crippen molar-refractivity contribution in [2.75, 3.05) is 0 Å². The predicted molar refractivity (Wildman–Crippen MR) is 95.8 cm³/mol. The largest absolute Gasteiger partial charge is 0.337 e. The molecule has 23 heavy (non-hydrogen) atoms. The third-order valence-electron chi connectivity index (χ3n) is 4.08. The molecule has 0 unspecified atom stereocenters. The number of hydrogen-bond donors (Lipinski definition) is 1. The van der Waals surface area contributed by atoms with Gasteiger partial charge in [-0.3, -0.25) is 0 Å². The van der Waals surface area contributed by atoms with Crippen LogP contribution in [0.1, 0.15) is 18.5 Å². The fourth-order valence-corrected chi connectivity index (χ4v) is 2.92. The van der Waals surface area contributed by atoms with E-state index in [0.29, 0.717) is 0 Å². The summed E-state index contributed by atoms with van der Waals surface area (Å²) in [6, 6.07) is 20.7. The van der Waals surface area contributed by atoms with Crippen LogP contribution >= 0.6 is 0 Å². The zero-order valence-corrected chi connectivity index (χ0v) is 12.9. The van der Waals surface area contributed by atoms with Gasteiger partial charge in [0.05, 0.1) is 11.4 Å². The highest BCUT2D eigenvalue weighted by Crippen LogP contribution is 2.32. The molecule has 0 amide bonds. The molecule has 4 rings (SSSR count). The molecular weight excluding hydrogens is 280 g/mol. The van der Waals surface area contributed by atoms with Crippen LogP contribution in [0.5, 0.6) is 0 Å². The second-order valence-electron chi connectivity index (χ2n) is 5.68. The van der Waals surface area contributed by atoms with Gasteiger partial charge >= 0.3 is 0 Å². The number of nitrogens with one attached hydrogen (secondary N) is 1. The number of hydrogen-bond acceptors (Lipinski definition) is 1. The lowest BCUT2D eigenvalue weighted by Crippen LogP contribution is -1.90. The molecule has 2 aromatic carbocycles. The van der Waals surface area contributed by atoms with Gasteiger partial charge in [-0.1, -0.05) is 78.9 Å². The Kier molecular flexibility index (Phi) is 3.65. The lowest BCUT2D eigenvalue weighted by molar-refractivity contribution is 1.04. The van der Waals surface area contributed by atoms with Crippen LogP contribution in [0.4, 0.5) is 0 Å². The molecule has 3 aromatic rings. The highest BCUT2D eigenvalue weighted by atomic mass is 14.9. The molecule has 0 radical (unpaired) electrons. The van der Waals surface area contributed by atoms with Crippen molar-refractivity contribution in [1.82, 2.24) is 9.97 Å². The van der Waals surface area contributed by atoms with Crippen LogP contribution in [0.15, 0.2) is 78.9 Å². The van der Waals surface area contributed by atoms with E-state index in [-0.39, 0.29) is 0 Å². The summed E-state index contributed by atoms with van der Waals surface area (Å²) in [5.41, 5.74) is 5.59. The normalized spacial score (nSPS) is 13.8. The topological polar surface area (TPSA) is 28.7 Å². The van der Waals surface area contributed by atoms with Gasteiger partial charge in [0.1, 0.15) is 5.82 Å². The van der Waals surface area contributed by atoms with Gasteiger partial charge < -0.3 is 4.98 Å². The van der Waals surface area contributed by atoms with Gasteiger partial charge in [0.15, 0.2) is 0 Å². The van der Waals surface area contributed by atoms with E-state index in [1.807, 2.05) is 24.3 Å². The van der Waals surface area contributed by atoms with Crippen molar-refractivity contribution < 1.29 is 0 Å². The minimum Gasteiger partial charge on any atom is -0.337 e. The summed E-state index contributed by atoms with van der Waals surface area (Å²) in [5.74, 6) is 0.916. The molecule has 0 atom stereocenters. The van der Waals surface area contributed by atoms with Crippen LogP contribution in [-0.4, -0.2) is 9.97 Å². The Balaban J connectivity index is 1.88. The van der Waals surface area contributed by atoms with Crippen molar-refractivity contribution in [1.29, 1.82) is 0 Å². The monoisotopic (exact) mass is 298 g/mol. The minimum absolute atomic E-state index is 0.916. The fraction of sp³-hybridized carbons (Fsp3) is 0.0952. The van der Waals surface area contributed by atoms with Crippen molar-refractivity contribution in [2.24, 2.45) is 0 Å². The van der Waals surface area contributed by atoms with Gasteiger partial charge in [0, 0.05) is 11.1 Å². The second-order valence-corrected chi connectivity index (χ2v) is 5.68. The first-order valence-electron chi connectivity index (χ1n) is 8.00. The minimum atomic E-state index is 0.916. The maximum atomic E-state index is 4.90. The molecule has 112 valence electrons. The zero-order chi connectivity index (χ0) is 15.5. The summed E-state index contributed by atoms with van der Waals surface area (Å²) >= 11 is 0. The number of imidazole rings is 1. The number of aromatic nitrogens is 2. The van der Waals surface area contributed by atoms with E-state index in [4.69, 9.17) is 4.98 Å². The first-order chi connectivity index (χ1) is 11.4. The summed E-state index contributed by atoms with van der Waals surface area (Å²) in [4.78, 5) is 8.43. The number of aromatic amines is 1. The molecule has 0 saturated carbocycles. The van der Waals surface area contributed by atoms with Crippen LogP contribution in [0, 0.1) is 0 Å². The highest BCUT2D eigenvalue weighted by Gasteiger charge is 2.16. The standard InChI is InChI=1S/C21H18N2/c1-4-10-16(11-5-1)19-20(17-12-6-2-7-13-17)23-21(22-19)18-14-8-3-9-15-18/h1,3-6,8-15H,2,7H2,(H,22,23). The van der Waals surface area contributed by atoms with Crippen molar-refractivity contribution in [2.45, 2.75) is 12.8 Å². The quantitative estimate of drug-likeness (QED) is 0.681. The van der Waals surface area contributed by atoms with Gasteiger partial charge in [-0.25, -0.2) is 4.98 Å². The lowest BCUT2D eigenvalue weighted by Gasteiger charge is -2.07. The molecule has 1 aromatic heterocycles. The third-order valence-corrected chi connectivity index (χ3v) is 4.08. The van der Waals surface area contributed by atoms with Crippen LogP contribution in [0.3, 0.4) is 0 Å².